The van der Waals surface area contributed by atoms with E-state index in [1.807, 2.05) is 24.3 Å². The largest absolute Gasteiger partial charge is 0.497 e. The van der Waals surface area contributed by atoms with Crippen molar-refractivity contribution in [3.8, 4) is 17.2 Å². The van der Waals surface area contributed by atoms with Gasteiger partial charge < -0.3 is 9.15 Å². The lowest BCUT2D eigenvalue weighted by Gasteiger charge is -2.29. The molecular weight excluding hydrogens is 330 g/mol. The summed E-state index contributed by atoms with van der Waals surface area (Å²) in [6.45, 7) is 2.67. The minimum absolute atomic E-state index is 0.104. The van der Waals surface area contributed by atoms with Gasteiger partial charge in [-0.1, -0.05) is 0 Å². The van der Waals surface area contributed by atoms with Crippen LogP contribution in [0.3, 0.4) is 0 Å². The van der Waals surface area contributed by atoms with E-state index < -0.39 is 10.0 Å². The maximum Gasteiger partial charge on any atom is 0.247 e. The summed E-state index contributed by atoms with van der Waals surface area (Å²) in [6, 6.07) is 7.42. The van der Waals surface area contributed by atoms with Gasteiger partial charge in [0.2, 0.25) is 21.8 Å². The average molecular weight is 351 g/mol. The summed E-state index contributed by atoms with van der Waals surface area (Å²) in [7, 11) is -1.50. The predicted octanol–water partition coefficient (Wildman–Crippen LogP) is 2.27. The van der Waals surface area contributed by atoms with Gasteiger partial charge in [-0.3, -0.25) is 0 Å². The first kappa shape index (κ1) is 16.9. The fourth-order valence-corrected chi connectivity index (χ4v) is 3.95. The molecule has 0 atom stereocenters. The van der Waals surface area contributed by atoms with E-state index in [2.05, 4.69) is 10.2 Å². The molecule has 24 heavy (non-hydrogen) atoms. The van der Waals surface area contributed by atoms with Gasteiger partial charge in [0.05, 0.1) is 12.9 Å². The zero-order chi connectivity index (χ0) is 17.2. The normalized spacial score (nSPS) is 17.1. The Hall–Kier alpha value is -1.93. The van der Waals surface area contributed by atoms with Crippen molar-refractivity contribution in [1.82, 2.24) is 14.5 Å². The van der Waals surface area contributed by atoms with E-state index in [-0.39, 0.29) is 11.7 Å². The first-order chi connectivity index (χ1) is 11.5. The second-order valence-electron chi connectivity index (χ2n) is 5.75. The Kier molecular flexibility index (Phi) is 4.86. The topological polar surface area (TPSA) is 85.5 Å². The van der Waals surface area contributed by atoms with Gasteiger partial charge in [-0.25, -0.2) is 12.7 Å². The van der Waals surface area contributed by atoms with E-state index in [1.54, 1.807) is 18.3 Å². The molecule has 2 heterocycles. The molecule has 1 aromatic carbocycles. The number of rotatable bonds is 5. The number of ether oxygens (including phenoxy) is 1. The summed E-state index contributed by atoms with van der Waals surface area (Å²) in [6.07, 6.45) is 1.40. The Balaban J connectivity index is 1.68. The average Bonchev–Trinajstić information content (AvgIpc) is 3.12. The Morgan fingerprint density at radius 3 is 2.46 bits per heavy atom. The van der Waals surface area contributed by atoms with Gasteiger partial charge in [0, 0.05) is 24.6 Å². The minimum Gasteiger partial charge on any atom is -0.497 e. The molecule has 0 spiro atoms. The Morgan fingerprint density at radius 2 is 1.88 bits per heavy atom. The molecular formula is C16H21N3O4S. The number of aromatic nitrogens is 2. The highest BCUT2D eigenvalue weighted by Crippen LogP contribution is 2.30. The van der Waals surface area contributed by atoms with Gasteiger partial charge in [-0.2, -0.15) is 0 Å². The van der Waals surface area contributed by atoms with Crippen molar-refractivity contribution in [1.29, 1.82) is 0 Å². The standard InChI is InChI=1S/C16H21N3O4S/c1-3-24(20,21)19-10-8-13(9-11-19)16-18-17-15(23-16)12-4-6-14(22-2)7-5-12/h4-7,13H,3,8-11H2,1-2H3. The molecule has 1 saturated heterocycles. The van der Waals surface area contributed by atoms with Crippen LogP contribution in [-0.4, -0.2) is 48.9 Å². The van der Waals surface area contributed by atoms with Crippen LogP contribution in [0, 0.1) is 0 Å². The zero-order valence-corrected chi connectivity index (χ0v) is 14.6. The van der Waals surface area contributed by atoms with Gasteiger partial charge >= 0.3 is 0 Å². The first-order valence-corrected chi connectivity index (χ1v) is 9.60. The van der Waals surface area contributed by atoms with Crippen LogP contribution in [0.2, 0.25) is 0 Å². The lowest BCUT2D eigenvalue weighted by atomic mass is 9.98. The highest BCUT2D eigenvalue weighted by molar-refractivity contribution is 7.89. The first-order valence-electron chi connectivity index (χ1n) is 7.99. The third-order valence-electron chi connectivity index (χ3n) is 4.34. The van der Waals surface area contributed by atoms with Gasteiger partial charge in [-0.15, -0.1) is 10.2 Å². The summed E-state index contributed by atoms with van der Waals surface area (Å²) >= 11 is 0. The minimum atomic E-state index is -3.12. The molecule has 0 aliphatic carbocycles. The molecule has 1 aromatic heterocycles. The molecule has 0 saturated carbocycles. The molecule has 0 N–H and O–H groups in total. The van der Waals surface area contributed by atoms with Crippen molar-refractivity contribution in [2.45, 2.75) is 25.7 Å². The lowest BCUT2D eigenvalue weighted by molar-refractivity contribution is 0.291. The number of hydrogen-bond acceptors (Lipinski definition) is 6. The van der Waals surface area contributed by atoms with E-state index >= 15 is 0 Å². The van der Waals surface area contributed by atoms with Gasteiger partial charge in [-0.05, 0) is 44.0 Å². The maximum atomic E-state index is 11.9. The fourth-order valence-electron chi connectivity index (χ4n) is 2.81. The number of methoxy groups -OCH3 is 1. The molecule has 7 nitrogen and oxygen atoms in total. The van der Waals surface area contributed by atoms with E-state index in [0.717, 1.165) is 11.3 Å². The third kappa shape index (κ3) is 3.44. The monoisotopic (exact) mass is 351 g/mol. The summed E-state index contributed by atoms with van der Waals surface area (Å²) < 4.78 is 36.3. The number of hydrogen-bond donors (Lipinski definition) is 0. The number of piperidine rings is 1. The van der Waals surface area contributed by atoms with Gasteiger partial charge in [0.1, 0.15) is 5.75 Å². The van der Waals surface area contributed by atoms with Crippen molar-refractivity contribution in [2.75, 3.05) is 26.0 Å². The predicted molar refractivity (Wildman–Crippen MR) is 89.3 cm³/mol. The highest BCUT2D eigenvalue weighted by Gasteiger charge is 2.30. The summed E-state index contributed by atoms with van der Waals surface area (Å²) in [5.41, 5.74) is 0.834. The Morgan fingerprint density at radius 1 is 1.21 bits per heavy atom. The smallest absolute Gasteiger partial charge is 0.247 e. The zero-order valence-electron chi connectivity index (χ0n) is 13.8. The van der Waals surface area contributed by atoms with Crippen molar-refractivity contribution in [3.05, 3.63) is 30.2 Å². The van der Waals surface area contributed by atoms with Crippen molar-refractivity contribution < 1.29 is 17.6 Å². The Labute approximate surface area is 141 Å². The second-order valence-corrected chi connectivity index (χ2v) is 8.01. The van der Waals surface area contributed by atoms with Crippen molar-refractivity contribution in [2.24, 2.45) is 0 Å². The molecule has 2 aromatic rings. The van der Waals surface area contributed by atoms with Crippen LogP contribution in [0.15, 0.2) is 28.7 Å². The van der Waals surface area contributed by atoms with Crippen LogP contribution >= 0.6 is 0 Å². The van der Waals surface area contributed by atoms with E-state index in [0.29, 0.717) is 37.7 Å². The quantitative estimate of drug-likeness (QED) is 0.821. The highest BCUT2D eigenvalue weighted by atomic mass is 32.2. The molecule has 0 unspecified atom stereocenters. The Bertz CT molecular complexity index is 778. The van der Waals surface area contributed by atoms with Crippen LogP contribution in [0.5, 0.6) is 5.75 Å². The molecule has 8 heteroatoms. The van der Waals surface area contributed by atoms with Crippen molar-refractivity contribution >= 4 is 10.0 Å². The molecule has 0 bridgehead atoms. The van der Waals surface area contributed by atoms with E-state index in [9.17, 15) is 8.42 Å². The lowest BCUT2D eigenvalue weighted by Crippen LogP contribution is -2.38. The van der Waals surface area contributed by atoms with Crippen molar-refractivity contribution in [3.63, 3.8) is 0 Å². The van der Waals surface area contributed by atoms with Gasteiger partial charge in [0.25, 0.3) is 0 Å². The fraction of sp³-hybridized carbons (Fsp3) is 0.500. The summed E-state index contributed by atoms with van der Waals surface area (Å²) in [5.74, 6) is 2.06. The molecule has 1 aliphatic heterocycles. The maximum absolute atomic E-state index is 11.9. The molecule has 1 aliphatic rings. The molecule has 3 rings (SSSR count). The SMILES string of the molecule is CCS(=O)(=O)N1CCC(c2nnc(-c3ccc(OC)cc3)o2)CC1. The van der Waals surface area contributed by atoms with Crippen LogP contribution in [0.4, 0.5) is 0 Å². The van der Waals surface area contributed by atoms with E-state index in [4.69, 9.17) is 9.15 Å². The van der Waals surface area contributed by atoms with Crippen LogP contribution in [0.1, 0.15) is 31.6 Å². The molecule has 0 radical (unpaired) electrons. The van der Waals surface area contributed by atoms with E-state index in [1.165, 1.54) is 0 Å². The van der Waals surface area contributed by atoms with Crippen LogP contribution < -0.4 is 4.74 Å². The number of sulfonamides is 1. The van der Waals surface area contributed by atoms with Gasteiger partial charge in [0.15, 0.2) is 0 Å². The number of benzene rings is 1. The summed E-state index contributed by atoms with van der Waals surface area (Å²) in [5, 5.41) is 8.26. The number of nitrogens with zero attached hydrogens (tertiary/aromatic N) is 3. The van der Waals surface area contributed by atoms with Crippen LogP contribution in [-0.2, 0) is 10.0 Å². The summed E-state index contributed by atoms with van der Waals surface area (Å²) in [4.78, 5) is 0. The second kappa shape index (κ2) is 6.90. The molecule has 1 fully saturated rings. The molecule has 130 valence electrons. The molecule has 0 amide bonds. The van der Waals surface area contributed by atoms with Crippen LogP contribution in [0.25, 0.3) is 11.5 Å². The third-order valence-corrected chi connectivity index (χ3v) is 6.22.